The molecule has 1 aromatic carbocycles. The predicted molar refractivity (Wildman–Crippen MR) is 90.7 cm³/mol. The molecule has 0 unspecified atom stereocenters. The number of hydrogen-bond donors (Lipinski definition) is 2. The van der Waals surface area contributed by atoms with Crippen molar-refractivity contribution in [2.45, 2.75) is 13.0 Å². The van der Waals surface area contributed by atoms with Crippen molar-refractivity contribution in [3.63, 3.8) is 0 Å². The fourth-order valence-corrected chi connectivity index (χ4v) is 2.57. The van der Waals surface area contributed by atoms with Crippen molar-refractivity contribution in [2.24, 2.45) is 0 Å². The minimum atomic E-state index is -0.343. The zero-order chi connectivity index (χ0) is 17.2. The summed E-state index contributed by atoms with van der Waals surface area (Å²) in [6, 6.07) is 13.1. The van der Waals surface area contributed by atoms with E-state index in [1.165, 1.54) is 0 Å². The molecule has 0 spiro atoms. The second kappa shape index (κ2) is 6.16. The Morgan fingerprint density at radius 3 is 2.76 bits per heavy atom. The maximum absolute atomic E-state index is 12.4. The standard InChI is InChI=1S/C17H15N7O/c1-11(16-20-22-23-21-16)18-17(25)13-7-8-15-19-14(10-24(15)9-13)12-5-3-2-4-6-12/h2-11H,1H3,(H,18,25)(H,20,21,22,23)/t11-/m1/s1. The topological polar surface area (TPSA) is 101 Å². The van der Waals surface area contributed by atoms with E-state index in [2.05, 4.69) is 30.9 Å². The van der Waals surface area contributed by atoms with Gasteiger partial charge in [0.25, 0.3) is 5.91 Å². The van der Waals surface area contributed by atoms with E-state index >= 15 is 0 Å². The van der Waals surface area contributed by atoms with Crippen molar-refractivity contribution in [2.75, 3.05) is 0 Å². The van der Waals surface area contributed by atoms with Crippen LogP contribution < -0.4 is 5.32 Å². The molecular formula is C17H15N7O. The Balaban J connectivity index is 1.59. The van der Waals surface area contributed by atoms with Crippen molar-refractivity contribution in [1.29, 1.82) is 0 Å². The maximum Gasteiger partial charge on any atom is 0.253 e. The van der Waals surface area contributed by atoms with E-state index in [1.807, 2.05) is 47.0 Å². The summed E-state index contributed by atoms with van der Waals surface area (Å²) in [7, 11) is 0. The Morgan fingerprint density at radius 1 is 1.16 bits per heavy atom. The van der Waals surface area contributed by atoms with Crippen LogP contribution >= 0.6 is 0 Å². The number of rotatable bonds is 4. The molecule has 1 amide bonds. The molecule has 124 valence electrons. The van der Waals surface area contributed by atoms with Gasteiger partial charge in [0.05, 0.1) is 17.3 Å². The molecule has 0 aliphatic rings. The number of nitrogens with zero attached hydrogens (tertiary/aromatic N) is 5. The summed E-state index contributed by atoms with van der Waals surface area (Å²) < 4.78 is 1.84. The van der Waals surface area contributed by atoms with E-state index in [-0.39, 0.29) is 11.9 Å². The molecule has 0 aliphatic heterocycles. The third-order valence-corrected chi connectivity index (χ3v) is 3.88. The molecule has 4 rings (SSSR count). The van der Waals surface area contributed by atoms with E-state index in [0.29, 0.717) is 11.4 Å². The van der Waals surface area contributed by atoms with E-state index in [1.54, 1.807) is 19.2 Å². The number of tetrazole rings is 1. The number of pyridine rings is 1. The van der Waals surface area contributed by atoms with Crippen LogP contribution in [-0.2, 0) is 0 Å². The molecule has 4 aromatic rings. The van der Waals surface area contributed by atoms with Gasteiger partial charge in [0.2, 0.25) is 0 Å². The largest absolute Gasteiger partial charge is 0.342 e. The fourth-order valence-electron chi connectivity index (χ4n) is 2.57. The van der Waals surface area contributed by atoms with Gasteiger partial charge >= 0.3 is 0 Å². The van der Waals surface area contributed by atoms with Gasteiger partial charge in [0.1, 0.15) is 5.65 Å². The van der Waals surface area contributed by atoms with Crippen molar-refractivity contribution >= 4 is 11.6 Å². The Bertz CT molecular complexity index is 1010. The van der Waals surface area contributed by atoms with Gasteiger partial charge in [-0.2, -0.15) is 5.21 Å². The lowest BCUT2D eigenvalue weighted by molar-refractivity contribution is 0.0938. The molecule has 3 heterocycles. The average molecular weight is 333 g/mol. The molecular weight excluding hydrogens is 318 g/mol. The first-order valence-electron chi connectivity index (χ1n) is 7.79. The van der Waals surface area contributed by atoms with Gasteiger partial charge in [-0.25, -0.2) is 4.98 Å². The quantitative estimate of drug-likeness (QED) is 0.595. The molecule has 25 heavy (non-hydrogen) atoms. The molecule has 8 nitrogen and oxygen atoms in total. The molecule has 3 aromatic heterocycles. The van der Waals surface area contributed by atoms with Crippen LogP contribution in [0, 0.1) is 0 Å². The molecule has 0 saturated heterocycles. The highest BCUT2D eigenvalue weighted by atomic mass is 16.1. The average Bonchev–Trinajstić information content (AvgIpc) is 3.31. The van der Waals surface area contributed by atoms with E-state index in [4.69, 9.17) is 0 Å². The highest BCUT2D eigenvalue weighted by Gasteiger charge is 2.15. The van der Waals surface area contributed by atoms with Crippen LogP contribution in [0.4, 0.5) is 0 Å². The smallest absolute Gasteiger partial charge is 0.253 e. The van der Waals surface area contributed by atoms with Crippen LogP contribution in [0.3, 0.4) is 0 Å². The van der Waals surface area contributed by atoms with Gasteiger partial charge in [0.15, 0.2) is 5.82 Å². The summed E-state index contributed by atoms with van der Waals surface area (Å²) in [5.74, 6) is 0.220. The molecule has 8 heteroatoms. The molecule has 2 N–H and O–H groups in total. The SMILES string of the molecule is C[C@@H](NC(=O)c1ccc2nc(-c3ccccc3)cn2c1)c1nn[nH]n1. The maximum atomic E-state index is 12.4. The van der Waals surface area contributed by atoms with E-state index in [9.17, 15) is 4.79 Å². The molecule has 0 bridgehead atoms. The monoisotopic (exact) mass is 333 g/mol. The zero-order valence-electron chi connectivity index (χ0n) is 13.4. The third-order valence-electron chi connectivity index (χ3n) is 3.88. The fraction of sp³-hybridized carbons (Fsp3) is 0.118. The van der Waals surface area contributed by atoms with Crippen LogP contribution in [0.15, 0.2) is 54.9 Å². The molecule has 0 saturated carbocycles. The lowest BCUT2D eigenvalue weighted by atomic mass is 10.2. The van der Waals surface area contributed by atoms with Crippen molar-refractivity contribution in [3.8, 4) is 11.3 Å². The number of benzene rings is 1. The summed E-state index contributed by atoms with van der Waals surface area (Å²) in [5.41, 5.74) is 3.20. The first kappa shape index (κ1) is 15.0. The second-order valence-electron chi connectivity index (χ2n) is 5.64. The van der Waals surface area contributed by atoms with Crippen LogP contribution in [-0.4, -0.2) is 35.9 Å². The predicted octanol–water partition coefficient (Wildman–Crippen LogP) is 2.01. The number of aromatic nitrogens is 6. The highest BCUT2D eigenvalue weighted by Crippen LogP contribution is 2.19. The summed E-state index contributed by atoms with van der Waals surface area (Å²) in [6.45, 7) is 1.80. The lowest BCUT2D eigenvalue weighted by Gasteiger charge is -2.10. The van der Waals surface area contributed by atoms with Crippen LogP contribution in [0.25, 0.3) is 16.9 Å². The molecule has 0 fully saturated rings. The second-order valence-corrected chi connectivity index (χ2v) is 5.64. The Hall–Kier alpha value is -3.55. The minimum absolute atomic E-state index is 0.214. The number of carbonyl (C=O) groups is 1. The van der Waals surface area contributed by atoms with Crippen molar-refractivity contribution in [1.82, 2.24) is 35.3 Å². The summed E-state index contributed by atoms with van der Waals surface area (Å²) in [5, 5.41) is 16.5. The lowest BCUT2D eigenvalue weighted by Crippen LogP contribution is -2.27. The van der Waals surface area contributed by atoms with Gasteiger partial charge in [-0.05, 0) is 19.1 Å². The number of amides is 1. The Morgan fingerprint density at radius 2 is 2.00 bits per heavy atom. The molecule has 0 aliphatic carbocycles. The summed E-state index contributed by atoms with van der Waals surface area (Å²) in [4.78, 5) is 17.0. The van der Waals surface area contributed by atoms with Crippen molar-refractivity contribution < 1.29 is 4.79 Å². The van der Waals surface area contributed by atoms with Gasteiger partial charge in [-0.15, -0.1) is 10.2 Å². The van der Waals surface area contributed by atoms with Gasteiger partial charge in [-0.1, -0.05) is 35.5 Å². The first-order chi connectivity index (χ1) is 12.2. The Kier molecular flexibility index (Phi) is 3.70. The summed E-state index contributed by atoms with van der Waals surface area (Å²) in [6.07, 6.45) is 3.66. The van der Waals surface area contributed by atoms with Crippen LogP contribution in [0.2, 0.25) is 0 Å². The van der Waals surface area contributed by atoms with Gasteiger partial charge in [-0.3, -0.25) is 4.79 Å². The number of nitrogens with one attached hydrogen (secondary N) is 2. The molecule has 1 atom stereocenters. The van der Waals surface area contributed by atoms with Gasteiger partial charge < -0.3 is 9.72 Å². The van der Waals surface area contributed by atoms with Crippen molar-refractivity contribution in [3.05, 3.63) is 66.2 Å². The highest BCUT2D eigenvalue weighted by molar-refractivity contribution is 5.94. The Labute approximate surface area is 142 Å². The first-order valence-corrected chi connectivity index (χ1v) is 7.79. The minimum Gasteiger partial charge on any atom is -0.342 e. The summed E-state index contributed by atoms with van der Waals surface area (Å²) >= 11 is 0. The number of aromatic amines is 1. The van der Waals surface area contributed by atoms with E-state index in [0.717, 1.165) is 16.9 Å². The number of H-pyrrole nitrogens is 1. The van der Waals surface area contributed by atoms with E-state index < -0.39 is 0 Å². The number of imidazole rings is 1. The molecule has 0 radical (unpaired) electrons. The number of fused-ring (bicyclic) bond motifs is 1. The third kappa shape index (κ3) is 2.97. The zero-order valence-corrected chi connectivity index (χ0v) is 13.4. The van der Waals surface area contributed by atoms with Crippen LogP contribution in [0.5, 0.6) is 0 Å². The number of carbonyl (C=O) groups excluding carboxylic acids is 1. The normalized spacial score (nSPS) is 12.2. The van der Waals surface area contributed by atoms with Gasteiger partial charge in [0, 0.05) is 18.0 Å². The van der Waals surface area contributed by atoms with Crippen LogP contribution in [0.1, 0.15) is 29.1 Å². The number of hydrogen-bond acceptors (Lipinski definition) is 5.